The lowest BCUT2D eigenvalue weighted by Gasteiger charge is -2.46. The molecule has 330 valence electrons. The van der Waals surface area contributed by atoms with E-state index < -0.39 is 0 Å². The molecule has 1 unspecified atom stereocenters. The van der Waals surface area contributed by atoms with Crippen molar-refractivity contribution in [2.75, 3.05) is 14.7 Å². The van der Waals surface area contributed by atoms with Gasteiger partial charge in [-0.05, 0) is 153 Å². The molecule has 0 radical (unpaired) electrons. The maximum Gasteiger partial charge on any atom is 0.0530 e. The van der Waals surface area contributed by atoms with Crippen molar-refractivity contribution in [3.63, 3.8) is 0 Å². The predicted octanol–water partition coefficient (Wildman–Crippen LogP) is 18.0. The molecule has 0 amide bonds. The average molecular weight is 895 g/mol. The van der Waals surface area contributed by atoms with Crippen molar-refractivity contribution in [2.24, 2.45) is 0 Å². The van der Waals surface area contributed by atoms with Crippen LogP contribution in [0.5, 0.6) is 0 Å². The fourth-order valence-electron chi connectivity index (χ4n) is 10.7. The second-order valence-corrected chi connectivity index (χ2v) is 18.0. The van der Waals surface area contributed by atoms with Gasteiger partial charge < -0.3 is 14.7 Å². The van der Waals surface area contributed by atoms with Crippen LogP contribution in [-0.2, 0) is 0 Å². The molecule has 70 heavy (non-hydrogen) atoms. The molecule has 4 nitrogen and oxygen atoms in total. The Labute approximate surface area is 409 Å². The molecule has 13 rings (SSSR count). The van der Waals surface area contributed by atoms with Crippen LogP contribution in [0.2, 0.25) is 0 Å². The van der Waals surface area contributed by atoms with E-state index in [1.54, 1.807) is 0 Å². The zero-order chi connectivity index (χ0) is 46.4. The van der Waals surface area contributed by atoms with E-state index in [-0.39, 0.29) is 5.92 Å². The van der Waals surface area contributed by atoms with Crippen LogP contribution in [0.4, 0.5) is 51.2 Å². The molecule has 11 aromatic rings. The van der Waals surface area contributed by atoms with Gasteiger partial charge in [0.05, 0.1) is 22.7 Å². The van der Waals surface area contributed by atoms with Gasteiger partial charge in [0.1, 0.15) is 0 Å². The minimum atomic E-state index is -0.0891. The largest absolute Gasteiger partial charge is 0.310 e. The first kappa shape index (κ1) is 41.0. The van der Waals surface area contributed by atoms with Gasteiger partial charge in [0.15, 0.2) is 0 Å². The van der Waals surface area contributed by atoms with Gasteiger partial charge in [-0.25, -0.2) is 0 Å². The number of benzene rings is 10. The highest BCUT2D eigenvalue weighted by molar-refractivity contribution is 6.01. The minimum Gasteiger partial charge on any atom is -0.310 e. The Morgan fingerprint density at radius 3 is 1.24 bits per heavy atom. The first-order chi connectivity index (χ1) is 34.7. The fraction of sp³-hybridized carbons (Fsp3) is 0.0152. The molecule has 0 fully saturated rings. The van der Waals surface area contributed by atoms with E-state index in [1.807, 2.05) is 12.4 Å². The molecular formula is C66H46N4. The summed E-state index contributed by atoms with van der Waals surface area (Å²) in [6.45, 7) is 0. The molecule has 3 heterocycles. The van der Waals surface area contributed by atoms with E-state index in [4.69, 9.17) is 0 Å². The average Bonchev–Trinajstić information content (AvgIpc) is 3.44. The Kier molecular flexibility index (Phi) is 10.2. The molecular weight excluding hydrogens is 849 g/mol. The first-order valence-corrected chi connectivity index (χ1v) is 24.0. The standard InChI is InChI=1S/C66H46N4/c1-7-19-46(20-8-1)50-31-33-59-61(42-50)70(58-40-51(47-21-9-2-10-22-47)39-52(41-58)49-35-37-67-38-36-49)64-44-53(48-23-11-3-12-24-48)43-63-66(64)65(59)60-34-32-57(45-62(60)69(63)56-29-17-6-18-30-56)68(54-25-13-4-14-26-54)55-27-15-5-16-28-55/h1-45,65H. The number of pyridine rings is 1. The molecule has 4 heteroatoms. The van der Waals surface area contributed by atoms with Gasteiger partial charge in [-0.2, -0.15) is 0 Å². The number of nitrogens with zero attached hydrogens (tertiary/aromatic N) is 4. The lowest BCUT2D eigenvalue weighted by Crippen LogP contribution is -2.29. The molecule has 1 atom stereocenters. The third-order valence-corrected chi connectivity index (χ3v) is 13.9. The van der Waals surface area contributed by atoms with Crippen molar-refractivity contribution >= 4 is 51.2 Å². The molecule has 0 bridgehead atoms. The summed E-state index contributed by atoms with van der Waals surface area (Å²) in [4.78, 5) is 11.8. The van der Waals surface area contributed by atoms with E-state index in [0.717, 1.165) is 84.6 Å². The fourth-order valence-corrected chi connectivity index (χ4v) is 10.7. The highest BCUT2D eigenvalue weighted by Crippen LogP contribution is 2.62. The lowest BCUT2D eigenvalue weighted by molar-refractivity contribution is 0.909. The van der Waals surface area contributed by atoms with Crippen LogP contribution < -0.4 is 14.7 Å². The van der Waals surface area contributed by atoms with Gasteiger partial charge in [0.2, 0.25) is 0 Å². The number of hydrogen-bond acceptors (Lipinski definition) is 4. The summed E-state index contributed by atoms with van der Waals surface area (Å²) in [7, 11) is 0. The summed E-state index contributed by atoms with van der Waals surface area (Å²) in [5, 5.41) is 0. The predicted molar refractivity (Wildman–Crippen MR) is 291 cm³/mol. The number of aromatic nitrogens is 1. The zero-order valence-electron chi connectivity index (χ0n) is 38.3. The summed E-state index contributed by atoms with van der Waals surface area (Å²) in [5.41, 5.74) is 23.0. The van der Waals surface area contributed by atoms with Crippen LogP contribution in [0, 0.1) is 0 Å². The smallest absolute Gasteiger partial charge is 0.0530 e. The summed E-state index contributed by atoms with van der Waals surface area (Å²) in [6, 6.07) is 95.1. The second kappa shape index (κ2) is 17.4. The van der Waals surface area contributed by atoms with Crippen LogP contribution in [0.1, 0.15) is 22.6 Å². The third-order valence-electron chi connectivity index (χ3n) is 13.9. The van der Waals surface area contributed by atoms with Crippen molar-refractivity contribution < 1.29 is 0 Å². The number of para-hydroxylation sites is 3. The van der Waals surface area contributed by atoms with Crippen LogP contribution in [0.3, 0.4) is 0 Å². The third kappa shape index (κ3) is 7.22. The van der Waals surface area contributed by atoms with E-state index in [9.17, 15) is 0 Å². The van der Waals surface area contributed by atoms with E-state index in [1.165, 1.54) is 27.8 Å². The number of hydrogen-bond donors (Lipinski definition) is 0. The SMILES string of the molecule is c1ccc(-c2cc(-c3ccncc3)cc(N3c4cc(-c5ccccc5)ccc4C4c5ccc(N(c6ccccc6)c6ccccc6)cc5N(c5ccccc5)c5cc(-c6ccccc6)cc3c54)c2)cc1. The molecule has 0 spiro atoms. The number of rotatable bonds is 9. The monoisotopic (exact) mass is 894 g/mol. The van der Waals surface area contributed by atoms with E-state index >= 15 is 0 Å². The van der Waals surface area contributed by atoms with Crippen LogP contribution >= 0.6 is 0 Å². The molecule has 0 aliphatic carbocycles. The summed E-state index contributed by atoms with van der Waals surface area (Å²) < 4.78 is 0. The Hall–Kier alpha value is -9.25. The Morgan fingerprint density at radius 1 is 0.286 bits per heavy atom. The highest BCUT2D eigenvalue weighted by atomic mass is 15.2. The van der Waals surface area contributed by atoms with Crippen LogP contribution in [0.25, 0.3) is 44.5 Å². The van der Waals surface area contributed by atoms with Gasteiger partial charge >= 0.3 is 0 Å². The number of anilines is 9. The molecule has 2 aliphatic rings. The van der Waals surface area contributed by atoms with Crippen molar-refractivity contribution in [1.82, 2.24) is 4.98 Å². The van der Waals surface area contributed by atoms with Gasteiger partial charge in [0.25, 0.3) is 0 Å². The van der Waals surface area contributed by atoms with Crippen LogP contribution in [-0.4, -0.2) is 4.98 Å². The van der Waals surface area contributed by atoms with Gasteiger partial charge in [-0.15, -0.1) is 0 Å². The topological polar surface area (TPSA) is 22.6 Å². The molecule has 0 saturated carbocycles. The second-order valence-electron chi connectivity index (χ2n) is 18.0. The summed E-state index contributed by atoms with van der Waals surface area (Å²) in [6.07, 6.45) is 3.77. The zero-order valence-corrected chi connectivity index (χ0v) is 38.3. The van der Waals surface area contributed by atoms with Crippen molar-refractivity contribution in [2.45, 2.75) is 5.92 Å². The Bertz CT molecular complexity index is 3540. The first-order valence-electron chi connectivity index (χ1n) is 24.0. The summed E-state index contributed by atoms with van der Waals surface area (Å²) in [5.74, 6) is -0.0891. The molecule has 1 aromatic heterocycles. The highest BCUT2D eigenvalue weighted by Gasteiger charge is 2.42. The van der Waals surface area contributed by atoms with E-state index in [0.29, 0.717) is 0 Å². The molecule has 2 aliphatic heterocycles. The van der Waals surface area contributed by atoms with E-state index in [2.05, 4.69) is 281 Å². The Balaban J connectivity index is 1.13. The van der Waals surface area contributed by atoms with Crippen molar-refractivity contribution in [3.05, 3.63) is 290 Å². The van der Waals surface area contributed by atoms with Gasteiger partial charge in [0, 0.05) is 52.3 Å². The lowest BCUT2D eigenvalue weighted by atomic mass is 9.74. The maximum atomic E-state index is 4.41. The van der Waals surface area contributed by atoms with Gasteiger partial charge in [-0.1, -0.05) is 164 Å². The molecule has 10 aromatic carbocycles. The van der Waals surface area contributed by atoms with Crippen LogP contribution in [0.15, 0.2) is 273 Å². The molecule has 0 N–H and O–H groups in total. The maximum absolute atomic E-state index is 4.41. The molecule has 0 saturated heterocycles. The minimum absolute atomic E-state index is 0.0891. The van der Waals surface area contributed by atoms with Gasteiger partial charge in [-0.3, -0.25) is 4.98 Å². The number of fused-ring (bicyclic) bond motifs is 4. The normalized spacial score (nSPS) is 13.2. The van der Waals surface area contributed by atoms with Crippen molar-refractivity contribution in [1.29, 1.82) is 0 Å². The van der Waals surface area contributed by atoms with Crippen molar-refractivity contribution in [3.8, 4) is 44.5 Å². The summed E-state index contributed by atoms with van der Waals surface area (Å²) >= 11 is 0. The Morgan fingerprint density at radius 2 is 0.700 bits per heavy atom. The quantitative estimate of drug-likeness (QED) is 0.144.